The molecule has 18 nitrogen and oxygen atoms in total. The van der Waals surface area contributed by atoms with E-state index in [1.807, 2.05) is 0 Å². The Morgan fingerprint density at radius 3 is 1.25 bits per heavy atom. The van der Waals surface area contributed by atoms with Crippen LogP contribution in [0.4, 0.5) is 22.7 Å². The Hall–Kier alpha value is -7.49. The molecule has 0 unspecified atom stereocenters. The van der Waals surface area contributed by atoms with Gasteiger partial charge >= 0.3 is 11.9 Å². The van der Waals surface area contributed by atoms with Gasteiger partial charge in [0.1, 0.15) is 0 Å². The van der Waals surface area contributed by atoms with Crippen molar-refractivity contribution in [2.45, 2.75) is 13.8 Å². The fourth-order valence-corrected chi connectivity index (χ4v) is 4.95. The molecular formula is C36H28CrN8O10. The van der Waals surface area contributed by atoms with E-state index in [1.54, 1.807) is 50.2 Å². The number of nitrogens with zero attached hydrogens (tertiary/aromatic N) is 8. The Labute approximate surface area is 321 Å². The third-order valence-corrected chi connectivity index (χ3v) is 7.71. The van der Waals surface area contributed by atoms with Gasteiger partial charge in [0.25, 0.3) is 11.4 Å². The minimum Gasteiger partial charge on any atom is -0.493 e. The zero-order valence-corrected chi connectivity index (χ0v) is 29.9. The molecule has 4 N–H and O–H groups in total. The van der Waals surface area contributed by atoms with Crippen LogP contribution < -0.4 is 0 Å². The van der Waals surface area contributed by atoms with Gasteiger partial charge in [-0.05, 0) is 62.4 Å². The van der Waals surface area contributed by atoms with Crippen LogP contribution in [0.15, 0.2) is 107 Å². The molecule has 0 atom stereocenters. The van der Waals surface area contributed by atoms with E-state index in [0.717, 1.165) is 0 Å². The van der Waals surface area contributed by atoms with Crippen LogP contribution in [0.5, 0.6) is 11.8 Å². The Morgan fingerprint density at radius 2 is 0.945 bits per heavy atom. The van der Waals surface area contributed by atoms with Gasteiger partial charge in [-0.25, -0.2) is 19.0 Å². The number of aryl methyl sites for hydroxylation is 2. The second kappa shape index (κ2) is 17.4. The molecule has 0 spiro atoms. The maximum absolute atomic E-state index is 11.2. The van der Waals surface area contributed by atoms with Crippen LogP contribution in [0, 0.1) is 34.1 Å². The quantitative estimate of drug-likeness (QED) is 0.0660. The maximum atomic E-state index is 11.2. The minimum absolute atomic E-state index is 0. The number of carbonyl (C=O) groups is 2. The van der Waals surface area contributed by atoms with E-state index in [9.17, 15) is 50.2 Å². The van der Waals surface area contributed by atoms with Crippen LogP contribution in [0.3, 0.4) is 0 Å². The van der Waals surface area contributed by atoms with Crippen molar-refractivity contribution in [3.05, 3.63) is 151 Å². The summed E-state index contributed by atoms with van der Waals surface area (Å²) in [4.78, 5) is 51.2. The van der Waals surface area contributed by atoms with Crippen molar-refractivity contribution in [1.82, 2.24) is 19.6 Å². The van der Waals surface area contributed by atoms with Crippen molar-refractivity contribution in [2.24, 2.45) is 9.98 Å². The van der Waals surface area contributed by atoms with Crippen molar-refractivity contribution < 1.29 is 57.2 Å². The van der Waals surface area contributed by atoms with Gasteiger partial charge in [-0.2, -0.15) is 10.2 Å². The van der Waals surface area contributed by atoms with Crippen molar-refractivity contribution in [1.29, 1.82) is 0 Å². The molecule has 0 radical (unpaired) electrons. The molecule has 55 heavy (non-hydrogen) atoms. The Kier molecular flexibility index (Phi) is 12.7. The molecule has 0 saturated heterocycles. The number of hydrogen-bond acceptors (Lipinski definition) is 12. The zero-order valence-electron chi connectivity index (χ0n) is 28.6. The number of non-ortho nitro benzene ring substituents is 2. The topological polar surface area (TPSA) is 262 Å². The average molecular weight is 785 g/mol. The van der Waals surface area contributed by atoms with E-state index in [0.29, 0.717) is 33.9 Å². The normalized spacial score (nSPS) is 10.8. The molecule has 6 rings (SSSR count). The van der Waals surface area contributed by atoms with Gasteiger partial charge in [-0.3, -0.25) is 30.2 Å². The number of carboxylic acid groups (broad SMARTS) is 2. The number of aromatic hydroxyl groups is 2. The predicted octanol–water partition coefficient (Wildman–Crippen LogP) is 6.48. The predicted molar refractivity (Wildman–Crippen MR) is 195 cm³/mol. The summed E-state index contributed by atoms with van der Waals surface area (Å²) in [5.74, 6) is -2.63. The first-order valence-electron chi connectivity index (χ1n) is 15.6. The molecular weight excluding hydrogens is 756 g/mol. The number of aliphatic imine (C=N–C) groups is 2. The third kappa shape index (κ3) is 9.12. The van der Waals surface area contributed by atoms with Gasteiger partial charge < -0.3 is 20.4 Å². The van der Waals surface area contributed by atoms with Gasteiger partial charge in [0.15, 0.2) is 0 Å². The Balaban J connectivity index is 0.000000240. The molecule has 0 aliphatic carbocycles. The van der Waals surface area contributed by atoms with E-state index in [4.69, 9.17) is 0 Å². The Morgan fingerprint density at radius 1 is 0.618 bits per heavy atom. The number of nitro benzene ring substituents is 2. The number of aromatic nitrogens is 4. The number of carboxylic acids is 2. The molecule has 0 fully saturated rings. The summed E-state index contributed by atoms with van der Waals surface area (Å²) in [5, 5.41) is 69.2. The van der Waals surface area contributed by atoms with E-state index >= 15 is 0 Å². The second-order valence-corrected chi connectivity index (χ2v) is 11.2. The van der Waals surface area contributed by atoms with Crippen LogP contribution in [0.1, 0.15) is 43.2 Å². The number of rotatable bonds is 10. The molecule has 0 bridgehead atoms. The van der Waals surface area contributed by atoms with E-state index < -0.39 is 21.8 Å². The van der Waals surface area contributed by atoms with Gasteiger partial charge in [0.05, 0.1) is 66.2 Å². The number of hydrogen-bond donors (Lipinski definition) is 4. The summed E-state index contributed by atoms with van der Waals surface area (Å²) in [7, 11) is 0. The van der Waals surface area contributed by atoms with Gasteiger partial charge in [-0.1, -0.05) is 24.3 Å². The fourth-order valence-electron chi connectivity index (χ4n) is 4.95. The standard InChI is InChI=1S/2C18H14N4O5.Cr/c2*1-11-15(10-19-16-5-3-2-4-14(16)18(24)25)17(23)21(20-11)12-6-8-13(9-7-12)22(26)27;/h2*2-10,23H,1H3,(H,24,25);. The molecule has 0 aliphatic rings. The van der Waals surface area contributed by atoms with Crippen molar-refractivity contribution in [2.75, 3.05) is 0 Å². The molecule has 4 aromatic carbocycles. The summed E-state index contributed by atoms with van der Waals surface area (Å²) >= 11 is 0. The number of nitro groups is 2. The minimum atomic E-state index is -1.11. The SMILES string of the molecule is Cc1nn(-c2ccc([N+](=O)[O-])cc2)c(O)c1C=Nc1ccccc1C(=O)O.Cc1nn(-c2ccc([N+](=O)[O-])cc2)c(O)c1C=Nc1ccccc1C(=O)O.[Cr]. The monoisotopic (exact) mass is 784 g/mol. The summed E-state index contributed by atoms with van der Waals surface area (Å²) < 4.78 is 2.45. The number of aromatic carboxylic acids is 2. The average Bonchev–Trinajstić information content (AvgIpc) is 3.61. The Bertz CT molecular complexity index is 2290. The molecule has 2 heterocycles. The number of para-hydroxylation sites is 2. The first-order valence-corrected chi connectivity index (χ1v) is 15.6. The van der Waals surface area contributed by atoms with Crippen LogP contribution in [0.2, 0.25) is 0 Å². The molecule has 278 valence electrons. The van der Waals surface area contributed by atoms with E-state index in [1.165, 1.54) is 82.5 Å². The van der Waals surface area contributed by atoms with Crippen molar-refractivity contribution >= 4 is 47.1 Å². The maximum Gasteiger partial charge on any atom is 0.337 e. The van der Waals surface area contributed by atoms with Crippen molar-refractivity contribution in [3.8, 4) is 23.1 Å². The molecule has 6 aromatic rings. The third-order valence-electron chi connectivity index (χ3n) is 7.71. The van der Waals surface area contributed by atoms with Crippen LogP contribution in [-0.4, -0.2) is 74.2 Å². The van der Waals surface area contributed by atoms with Gasteiger partial charge in [0.2, 0.25) is 11.8 Å². The summed E-state index contributed by atoms with van der Waals surface area (Å²) in [6.07, 6.45) is 2.67. The van der Waals surface area contributed by atoms with Gasteiger partial charge in [0, 0.05) is 54.1 Å². The molecule has 2 aromatic heterocycles. The van der Waals surface area contributed by atoms with Gasteiger partial charge in [-0.15, -0.1) is 0 Å². The summed E-state index contributed by atoms with van der Waals surface area (Å²) in [6, 6.07) is 23.6. The summed E-state index contributed by atoms with van der Waals surface area (Å²) in [5.41, 5.74) is 2.83. The zero-order chi connectivity index (χ0) is 39.1. The van der Waals surface area contributed by atoms with Crippen molar-refractivity contribution in [3.63, 3.8) is 0 Å². The molecule has 0 saturated carbocycles. The largest absolute Gasteiger partial charge is 0.493 e. The van der Waals surface area contributed by atoms with E-state index in [2.05, 4.69) is 20.2 Å². The molecule has 19 heteroatoms. The number of benzene rings is 4. The van der Waals surface area contributed by atoms with Crippen LogP contribution in [0.25, 0.3) is 11.4 Å². The van der Waals surface area contributed by atoms with Crippen LogP contribution in [-0.2, 0) is 17.4 Å². The van der Waals surface area contributed by atoms with E-state index in [-0.39, 0.29) is 63.0 Å². The first kappa shape index (κ1) is 40.3. The first-order chi connectivity index (χ1) is 25.8. The fraction of sp³-hybridized carbons (Fsp3) is 0.0556. The second-order valence-electron chi connectivity index (χ2n) is 11.2. The summed E-state index contributed by atoms with van der Waals surface area (Å²) in [6.45, 7) is 3.32. The smallest absolute Gasteiger partial charge is 0.337 e. The van der Waals surface area contributed by atoms with Crippen LogP contribution >= 0.6 is 0 Å². The molecule has 0 amide bonds. The molecule has 0 aliphatic heterocycles.